The summed E-state index contributed by atoms with van der Waals surface area (Å²) in [6.45, 7) is 3.65. The van der Waals surface area contributed by atoms with Crippen LogP contribution in [0, 0.1) is 6.92 Å². The van der Waals surface area contributed by atoms with E-state index in [9.17, 15) is 0 Å². The molecule has 3 aromatic heterocycles. The molecule has 4 nitrogen and oxygen atoms in total. The SMILES string of the molecule is Cc1cccnc1CNCc1cnn2ccccc12. The smallest absolute Gasteiger partial charge is 0.0706 e. The van der Waals surface area contributed by atoms with Crippen LogP contribution in [0.3, 0.4) is 0 Å². The van der Waals surface area contributed by atoms with Gasteiger partial charge in [-0.05, 0) is 30.7 Å². The van der Waals surface area contributed by atoms with Crippen molar-refractivity contribution in [3.63, 3.8) is 0 Å². The van der Waals surface area contributed by atoms with Crippen LogP contribution in [0.4, 0.5) is 0 Å². The minimum absolute atomic E-state index is 0.775. The van der Waals surface area contributed by atoms with E-state index in [-0.39, 0.29) is 0 Å². The molecule has 0 aliphatic heterocycles. The van der Waals surface area contributed by atoms with Crippen LogP contribution >= 0.6 is 0 Å². The van der Waals surface area contributed by atoms with Crippen molar-refractivity contribution in [2.24, 2.45) is 0 Å². The highest BCUT2D eigenvalue weighted by molar-refractivity contribution is 5.53. The molecule has 3 aromatic rings. The lowest BCUT2D eigenvalue weighted by atomic mass is 10.2. The Hall–Kier alpha value is -2.20. The predicted octanol–water partition coefficient (Wildman–Crippen LogP) is 2.33. The van der Waals surface area contributed by atoms with Gasteiger partial charge >= 0.3 is 0 Å². The molecule has 0 amide bonds. The highest BCUT2D eigenvalue weighted by Gasteiger charge is 2.03. The average Bonchev–Trinajstić information content (AvgIpc) is 2.85. The van der Waals surface area contributed by atoms with E-state index in [0.717, 1.165) is 24.3 Å². The zero-order valence-corrected chi connectivity index (χ0v) is 10.9. The molecule has 0 aliphatic carbocycles. The predicted molar refractivity (Wildman–Crippen MR) is 74.7 cm³/mol. The van der Waals surface area contributed by atoms with E-state index in [2.05, 4.69) is 34.5 Å². The second-order valence-corrected chi connectivity index (χ2v) is 4.57. The standard InChI is InChI=1S/C15H16N4/c1-12-5-4-7-17-14(12)11-16-9-13-10-18-19-8-3-2-6-15(13)19/h2-8,10,16H,9,11H2,1H3. The Morgan fingerprint density at radius 1 is 1.16 bits per heavy atom. The van der Waals surface area contributed by atoms with Gasteiger partial charge < -0.3 is 5.32 Å². The van der Waals surface area contributed by atoms with Crippen molar-refractivity contribution in [1.29, 1.82) is 0 Å². The first-order chi connectivity index (χ1) is 9.34. The Bertz CT molecular complexity index is 687. The van der Waals surface area contributed by atoms with Crippen LogP contribution in [0.5, 0.6) is 0 Å². The van der Waals surface area contributed by atoms with Crippen LogP contribution in [0.1, 0.15) is 16.8 Å². The molecule has 96 valence electrons. The maximum atomic E-state index is 4.38. The molecule has 0 aromatic carbocycles. The Morgan fingerprint density at radius 2 is 2.11 bits per heavy atom. The second kappa shape index (κ2) is 5.20. The molecule has 3 heterocycles. The highest BCUT2D eigenvalue weighted by Crippen LogP contribution is 2.10. The lowest BCUT2D eigenvalue weighted by Gasteiger charge is -2.05. The number of rotatable bonds is 4. The molecule has 0 saturated carbocycles. The highest BCUT2D eigenvalue weighted by atomic mass is 15.2. The summed E-state index contributed by atoms with van der Waals surface area (Å²) < 4.78 is 1.89. The Balaban J connectivity index is 1.68. The largest absolute Gasteiger partial charge is 0.307 e. The molecular formula is C15H16N4. The zero-order chi connectivity index (χ0) is 13.1. The van der Waals surface area contributed by atoms with Gasteiger partial charge in [-0.25, -0.2) is 4.52 Å². The third kappa shape index (κ3) is 2.48. The summed E-state index contributed by atoms with van der Waals surface area (Å²) in [5.41, 5.74) is 4.66. The Morgan fingerprint density at radius 3 is 3.00 bits per heavy atom. The van der Waals surface area contributed by atoms with Crippen LogP contribution < -0.4 is 5.32 Å². The summed E-state index contributed by atoms with van der Waals surface area (Å²) in [6.07, 6.45) is 5.70. The minimum Gasteiger partial charge on any atom is -0.307 e. The van der Waals surface area contributed by atoms with E-state index < -0.39 is 0 Å². The maximum Gasteiger partial charge on any atom is 0.0706 e. The first kappa shape index (κ1) is 11.9. The first-order valence-corrected chi connectivity index (χ1v) is 6.37. The first-order valence-electron chi connectivity index (χ1n) is 6.37. The monoisotopic (exact) mass is 252 g/mol. The van der Waals surface area contributed by atoms with Gasteiger partial charge in [0, 0.05) is 31.0 Å². The van der Waals surface area contributed by atoms with Gasteiger partial charge in [-0.1, -0.05) is 12.1 Å². The molecule has 0 unspecified atom stereocenters. The average molecular weight is 252 g/mol. The second-order valence-electron chi connectivity index (χ2n) is 4.57. The molecule has 19 heavy (non-hydrogen) atoms. The van der Waals surface area contributed by atoms with Crippen molar-refractivity contribution in [2.45, 2.75) is 20.0 Å². The van der Waals surface area contributed by atoms with E-state index in [0.29, 0.717) is 0 Å². The fourth-order valence-electron chi connectivity index (χ4n) is 2.14. The fourth-order valence-corrected chi connectivity index (χ4v) is 2.14. The lowest BCUT2D eigenvalue weighted by molar-refractivity contribution is 0.679. The molecule has 0 radical (unpaired) electrons. The van der Waals surface area contributed by atoms with Gasteiger partial charge in [-0.15, -0.1) is 0 Å². The molecule has 0 spiro atoms. The lowest BCUT2D eigenvalue weighted by Crippen LogP contribution is -2.14. The van der Waals surface area contributed by atoms with Crippen molar-refractivity contribution >= 4 is 5.52 Å². The fraction of sp³-hybridized carbons (Fsp3) is 0.200. The summed E-state index contributed by atoms with van der Waals surface area (Å²) in [6, 6.07) is 10.1. The number of nitrogens with one attached hydrogen (secondary N) is 1. The van der Waals surface area contributed by atoms with Crippen LogP contribution in [0.25, 0.3) is 5.52 Å². The normalized spacial score (nSPS) is 11.0. The molecule has 0 atom stereocenters. The van der Waals surface area contributed by atoms with Gasteiger partial charge in [0.05, 0.1) is 17.4 Å². The topological polar surface area (TPSA) is 42.2 Å². The van der Waals surface area contributed by atoms with Crippen molar-refractivity contribution in [2.75, 3.05) is 0 Å². The van der Waals surface area contributed by atoms with Crippen molar-refractivity contribution in [3.8, 4) is 0 Å². The third-order valence-electron chi connectivity index (χ3n) is 3.23. The van der Waals surface area contributed by atoms with Crippen LogP contribution in [0.15, 0.2) is 48.9 Å². The number of hydrogen-bond acceptors (Lipinski definition) is 3. The summed E-state index contributed by atoms with van der Waals surface area (Å²) in [5, 5.41) is 7.74. The number of aromatic nitrogens is 3. The van der Waals surface area contributed by atoms with E-state index in [1.54, 1.807) is 0 Å². The number of pyridine rings is 2. The molecule has 0 bridgehead atoms. The maximum absolute atomic E-state index is 4.38. The zero-order valence-electron chi connectivity index (χ0n) is 10.9. The van der Waals surface area contributed by atoms with Crippen LogP contribution in [-0.2, 0) is 13.1 Å². The van der Waals surface area contributed by atoms with E-state index >= 15 is 0 Å². The molecule has 0 aliphatic rings. The number of fused-ring (bicyclic) bond motifs is 1. The number of aryl methyl sites for hydroxylation is 1. The van der Waals surface area contributed by atoms with E-state index in [4.69, 9.17) is 0 Å². The number of hydrogen-bond donors (Lipinski definition) is 1. The van der Waals surface area contributed by atoms with Gasteiger partial charge in [0.15, 0.2) is 0 Å². The van der Waals surface area contributed by atoms with Gasteiger partial charge in [-0.2, -0.15) is 5.10 Å². The van der Waals surface area contributed by atoms with Crippen molar-refractivity contribution in [1.82, 2.24) is 19.9 Å². The molecule has 0 fully saturated rings. The quantitative estimate of drug-likeness (QED) is 0.775. The summed E-state index contributed by atoms with van der Waals surface area (Å²) >= 11 is 0. The Kier molecular flexibility index (Phi) is 3.25. The number of nitrogens with zero attached hydrogens (tertiary/aromatic N) is 3. The van der Waals surface area contributed by atoms with Gasteiger partial charge in [-0.3, -0.25) is 4.98 Å². The van der Waals surface area contributed by atoms with Gasteiger partial charge in [0.25, 0.3) is 0 Å². The molecule has 4 heteroatoms. The third-order valence-corrected chi connectivity index (χ3v) is 3.23. The molecule has 0 saturated heterocycles. The molecular weight excluding hydrogens is 236 g/mol. The van der Waals surface area contributed by atoms with Gasteiger partial charge in [0.1, 0.15) is 0 Å². The van der Waals surface area contributed by atoms with E-state index in [1.165, 1.54) is 11.1 Å². The van der Waals surface area contributed by atoms with E-state index in [1.807, 2.05) is 41.3 Å². The van der Waals surface area contributed by atoms with Crippen LogP contribution in [0.2, 0.25) is 0 Å². The Labute approximate surface area is 112 Å². The van der Waals surface area contributed by atoms with Crippen molar-refractivity contribution in [3.05, 3.63) is 65.7 Å². The summed E-state index contributed by atoms with van der Waals surface area (Å²) in [4.78, 5) is 4.38. The van der Waals surface area contributed by atoms with Crippen LogP contribution in [-0.4, -0.2) is 14.6 Å². The summed E-state index contributed by atoms with van der Waals surface area (Å²) in [5.74, 6) is 0. The summed E-state index contributed by atoms with van der Waals surface area (Å²) in [7, 11) is 0. The molecule has 3 rings (SSSR count). The van der Waals surface area contributed by atoms with Crippen molar-refractivity contribution < 1.29 is 0 Å². The van der Waals surface area contributed by atoms with Gasteiger partial charge in [0.2, 0.25) is 0 Å². The minimum atomic E-state index is 0.775. The molecule has 1 N–H and O–H groups in total.